The van der Waals surface area contributed by atoms with Crippen molar-refractivity contribution >= 4 is 74.7 Å². The molecule has 0 saturated carbocycles. The number of aromatic nitrogens is 2. The molecule has 182 valence electrons. The van der Waals surface area contributed by atoms with E-state index in [4.69, 9.17) is 39.2 Å². The fourth-order valence-electron chi connectivity index (χ4n) is 3.67. The first kappa shape index (κ1) is 24.9. The second-order valence-corrected chi connectivity index (χ2v) is 11.0. The van der Waals surface area contributed by atoms with Crippen molar-refractivity contribution in [2.75, 3.05) is 4.90 Å². The van der Waals surface area contributed by atoms with E-state index < -0.39 is 23.5 Å². The first-order valence-corrected chi connectivity index (χ1v) is 13.3. The van der Waals surface area contributed by atoms with Gasteiger partial charge >= 0.3 is 0 Å². The SMILES string of the molecule is O=C(C1=C(O)C(=O)N(c2nnc(SCc3ccc(Cl)cc3Cl)s2)C1c1ccc(Cl)cc1)c1ccco1. The molecular weight excluding hydrogens is 565 g/mol. The second-order valence-electron chi connectivity index (χ2n) is 7.57. The molecule has 0 aliphatic carbocycles. The van der Waals surface area contributed by atoms with Gasteiger partial charge in [-0.25, -0.2) is 0 Å². The molecule has 0 fully saturated rings. The molecule has 1 unspecified atom stereocenters. The van der Waals surface area contributed by atoms with Gasteiger partial charge in [0.1, 0.15) is 0 Å². The van der Waals surface area contributed by atoms with Crippen molar-refractivity contribution in [2.45, 2.75) is 16.1 Å². The van der Waals surface area contributed by atoms with E-state index in [0.717, 1.165) is 16.9 Å². The van der Waals surface area contributed by atoms with Crippen molar-refractivity contribution in [3.8, 4) is 0 Å². The number of Topliss-reactive ketones (excluding diaryl/α,β-unsaturated/α-hetero) is 1. The number of aliphatic hydroxyl groups is 1. The Kier molecular flexibility index (Phi) is 7.09. The number of hydrogen-bond donors (Lipinski definition) is 1. The van der Waals surface area contributed by atoms with E-state index in [1.807, 2.05) is 6.07 Å². The van der Waals surface area contributed by atoms with Crippen LogP contribution in [0.5, 0.6) is 0 Å². The first-order chi connectivity index (χ1) is 17.3. The summed E-state index contributed by atoms with van der Waals surface area (Å²) in [7, 11) is 0. The van der Waals surface area contributed by atoms with Gasteiger partial charge in [-0.3, -0.25) is 14.5 Å². The van der Waals surface area contributed by atoms with Gasteiger partial charge in [0.05, 0.1) is 17.9 Å². The number of anilines is 1. The van der Waals surface area contributed by atoms with Crippen LogP contribution in [-0.2, 0) is 10.5 Å². The molecule has 5 rings (SSSR count). The number of carbonyl (C=O) groups excluding carboxylic acids is 2. The Morgan fingerprint density at radius 2 is 1.83 bits per heavy atom. The van der Waals surface area contributed by atoms with Crippen LogP contribution < -0.4 is 4.90 Å². The molecule has 36 heavy (non-hydrogen) atoms. The molecule has 2 aromatic heterocycles. The van der Waals surface area contributed by atoms with E-state index in [-0.39, 0.29) is 16.5 Å². The number of nitrogens with zero attached hydrogens (tertiary/aromatic N) is 3. The van der Waals surface area contributed by atoms with E-state index in [0.29, 0.717) is 30.7 Å². The highest BCUT2D eigenvalue weighted by Crippen LogP contribution is 2.44. The summed E-state index contributed by atoms with van der Waals surface area (Å²) in [6.45, 7) is 0. The van der Waals surface area contributed by atoms with Crippen LogP contribution in [0, 0.1) is 0 Å². The highest BCUT2D eigenvalue weighted by atomic mass is 35.5. The number of ketones is 1. The maximum atomic E-state index is 13.2. The summed E-state index contributed by atoms with van der Waals surface area (Å²) in [5.41, 5.74) is 1.31. The standard InChI is InChI=1S/C24H14Cl3N3O4S2/c25-14-6-3-12(4-7-14)19-18(20(31)17-2-1-9-34-17)21(32)22(33)30(19)23-28-29-24(36-23)35-11-13-5-8-15(26)10-16(13)27/h1-10,19,32H,11H2. The zero-order chi connectivity index (χ0) is 25.4. The number of aliphatic hydroxyl groups excluding tert-OH is 1. The Labute approximate surface area is 228 Å². The third kappa shape index (κ3) is 4.77. The van der Waals surface area contributed by atoms with Gasteiger partial charge in [0.15, 0.2) is 15.9 Å². The second kappa shape index (κ2) is 10.3. The molecule has 0 saturated heterocycles. The van der Waals surface area contributed by atoms with Crippen LogP contribution in [-0.4, -0.2) is 27.0 Å². The van der Waals surface area contributed by atoms with Crippen LogP contribution in [0.2, 0.25) is 15.1 Å². The fourth-order valence-corrected chi connectivity index (χ4v) is 6.22. The summed E-state index contributed by atoms with van der Waals surface area (Å²) in [6, 6.07) is 14.0. The summed E-state index contributed by atoms with van der Waals surface area (Å²) >= 11 is 20.8. The highest BCUT2D eigenvalue weighted by Gasteiger charge is 2.46. The van der Waals surface area contributed by atoms with Crippen LogP contribution in [0.4, 0.5) is 5.13 Å². The molecular formula is C24H14Cl3N3O4S2. The molecule has 0 radical (unpaired) electrons. The van der Waals surface area contributed by atoms with E-state index in [1.165, 1.54) is 29.0 Å². The number of thioether (sulfide) groups is 1. The fraction of sp³-hybridized carbons (Fsp3) is 0.0833. The summed E-state index contributed by atoms with van der Waals surface area (Å²) in [6.07, 6.45) is 1.35. The first-order valence-electron chi connectivity index (χ1n) is 10.3. The Bertz CT molecular complexity index is 1490. The van der Waals surface area contributed by atoms with Gasteiger partial charge in [0, 0.05) is 20.8 Å². The molecule has 4 aromatic rings. The van der Waals surface area contributed by atoms with Gasteiger partial charge in [-0.2, -0.15) is 0 Å². The van der Waals surface area contributed by atoms with Gasteiger partial charge in [0.2, 0.25) is 10.9 Å². The molecule has 2 aromatic carbocycles. The number of amides is 1. The van der Waals surface area contributed by atoms with E-state index >= 15 is 0 Å². The molecule has 3 heterocycles. The predicted molar refractivity (Wildman–Crippen MR) is 140 cm³/mol. The average Bonchev–Trinajstić information content (AvgIpc) is 3.60. The number of benzene rings is 2. The van der Waals surface area contributed by atoms with E-state index in [2.05, 4.69) is 10.2 Å². The minimum Gasteiger partial charge on any atom is -0.503 e. The monoisotopic (exact) mass is 577 g/mol. The molecule has 12 heteroatoms. The molecule has 0 bridgehead atoms. The lowest BCUT2D eigenvalue weighted by Crippen LogP contribution is -2.31. The molecule has 7 nitrogen and oxygen atoms in total. The van der Waals surface area contributed by atoms with Crippen molar-refractivity contribution in [3.05, 3.63) is 104 Å². The zero-order valence-electron chi connectivity index (χ0n) is 18.0. The number of hydrogen-bond acceptors (Lipinski definition) is 8. The van der Waals surface area contributed by atoms with Gasteiger partial charge < -0.3 is 9.52 Å². The lowest BCUT2D eigenvalue weighted by molar-refractivity contribution is -0.117. The lowest BCUT2D eigenvalue weighted by Gasteiger charge is -2.23. The average molecular weight is 579 g/mol. The van der Waals surface area contributed by atoms with Crippen LogP contribution in [0.1, 0.15) is 27.7 Å². The molecule has 1 N–H and O–H groups in total. The maximum absolute atomic E-state index is 13.2. The van der Waals surface area contributed by atoms with Gasteiger partial charge in [0.25, 0.3) is 5.91 Å². The van der Waals surface area contributed by atoms with Crippen molar-refractivity contribution in [2.24, 2.45) is 0 Å². The Hall–Kier alpha value is -2.82. The number of rotatable bonds is 7. The minimum atomic E-state index is -0.955. The predicted octanol–water partition coefficient (Wildman–Crippen LogP) is 7.17. The van der Waals surface area contributed by atoms with Crippen LogP contribution in [0.25, 0.3) is 0 Å². The topological polar surface area (TPSA) is 96.5 Å². The van der Waals surface area contributed by atoms with Gasteiger partial charge in [-0.15, -0.1) is 10.2 Å². The van der Waals surface area contributed by atoms with Crippen molar-refractivity contribution in [1.82, 2.24) is 10.2 Å². The molecule has 1 amide bonds. The normalized spacial score (nSPS) is 15.7. The summed E-state index contributed by atoms with van der Waals surface area (Å²) in [5, 5.41) is 20.9. The lowest BCUT2D eigenvalue weighted by atomic mass is 9.95. The Balaban J connectivity index is 1.48. The molecule has 0 spiro atoms. The summed E-state index contributed by atoms with van der Waals surface area (Å²) in [4.78, 5) is 27.7. The quantitative estimate of drug-likeness (QED) is 0.141. The number of carbonyl (C=O) groups is 2. The van der Waals surface area contributed by atoms with E-state index in [9.17, 15) is 14.7 Å². The van der Waals surface area contributed by atoms with Gasteiger partial charge in [-0.05, 0) is 47.5 Å². The number of halogens is 3. The molecule has 1 atom stereocenters. The van der Waals surface area contributed by atoms with Crippen LogP contribution >= 0.6 is 57.9 Å². The maximum Gasteiger partial charge on any atom is 0.296 e. The largest absolute Gasteiger partial charge is 0.503 e. The minimum absolute atomic E-state index is 0.00137. The molecule has 1 aliphatic heterocycles. The Morgan fingerprint density at radius 3 is 2.53 bits per heavy atom. The van der Waals surface area contributed by atoms with Crippen molar-refractivity contribution in [3.63, 3.8) is 0 Å². The zero-order valence-corrected chi connectivity index (χ0v) is 21.9. The van der Waals surface area contributed by atoms with Crippen LogP contribution in [0.3, 0.4) is 0 Å². The summed E-state index contributed by atoms with van der Waals surface area (Å²) < 4.78 is 5.81. The highest BCUT2D eigenvalue weighted by molar-refractivity contribution is 8.00. The molecule has 1 aliphatic rings. The number of furan rings is 1. The smallest absolute Gasteiger partial charge is 0.296 e. The summed E-state index contributed by atoms with van der Waals surface area (Å²) in [5.74, 6) is -1.54. The Morgan fingerprint density at radius 1 is 1.08 bits per heavy atom. The van der Waals surface area contributed by atoms with Crippen molar-refractivity contribution in [1.29, 1.82) is 0 Å². The third-order valence-corrected chi connectivity index (χ3v) is 8.30. The van der Waals surface area contributed by atoms with E-state index in [1.54, 1.807) is 42.5 Å². The van der Waals surface area contributed by atoms with Crippen LogP contribution in [0.15, 0.2) is 80.9 Å². The van der Waals surface area contributed by atoms with Crippen molar-refractivity contribution < 1.29 is 19.1 Å². The van der Waals surface area contributed by atoms with Gasteiger partial charge in [-0.1, -0.05) is 76.1 Å². The third-order valence-electron chi connectivity index (χ3n) is 5.35.